The molecule has 2 N–H and O–H groups in total. The molecule has 0 atom stereocenters. The van der Waals surface area contributed by atoms with Gasteiger partial charge < -0.3 is 14.9 Å². The lowest BCUT2D eigenvalue weighted by Crippen LogP contribution is -2.09. The van der Waals surface area contributed by atoms with Gasteiger partial charge in [0, 0.05) is 18.7 Å². The molecule has 2 aromatic rings. The van der Waals surface area contributed by atoms with Crippen molar-refractivity contribution in [3.63, 3.8) is 0 Å². The zero-order valence-electron chi connectivity index (χ0n) is 12.1. The fourth-order valence-electron chi connectivity index (χ4n) is 1.93. The SMILES string of the molecule is CCCc1cc(C(=O)O)cc(NCCc2nc(C)no2)n1. The van der Waals surface area contributed by atoms with Gasteiger partial charge in [0.25, 0.3) is 0 Å². The number of hydrogen-bond acceptors (Lipinski definition) is 6. The van der Waals surface area contributed by atoms with E-state index in [-0.39, 0.29) is 5.56 Å². The van der Waals surface area contributed by atoms with E-state index in [1.165, 1.54) is 6.07 Å². The summed E-state index contributed by atoms with van der Waals surface area (Å²) in [6.07, 6.45) is 2.22. The van der Waals surface area contributed by atoms with Crippen molar-refractivity contribution >= 4 is 11.8 Å². The van der Waals surface area contributed by atoms with Gasteiger partial charge in [0.1, 0.15) is 5.82 Å². The van der Waals surface area contributed by atoms with Crippen LogP contribution >= 0.6 is 0 Å². The van der Waals surface area contributed by atoms with E-state index in [4.69, 9.17) is 9.63 Å². The summed E-state index contributed by atoms with van der Waals surface area (Å²) < 4.78 is 5.01. The molecule has 0 saturated heterocycles. The molecule has 0 aromatic carbocycles. The molecule has 7 nitrogen and oxygen atoms in total. The average molecular weight is 290 g/mol. The zero-order valence-corrected chi connectivity index (χ0v) is 12.1. The Kier molecular flexibility index (Phi) is 4.86. The Morgan fingerprint density at radius 1 is 1.33 bits per heavy atom. The van der Waals surface area contributed by atoms with Gasteiger partial charge in [-0.15, -0.1) is 0 Å². The van der Waals surface area contributed by atoms with E-state index in [1.807, 2.05) is 6.92 Å². The smallest absolute Gasteiger partial charge is 0.335 e. The maximum atomic E-state index is 11.1. The number of pyridine rings is 1. The van der Waals surface area contributed by atoms with Gasteiger partial charge in [-0.3, -0.25) is 0 Å². The largest absolute Gasteiger partial charge is 0.478 e. The molecule has 2 heterocycles. The van der Waals surface area contributed by atoms with E-state index in [1.54, 1.807) is 13.0 Å². The summed E-state index contributed by atoms with van der Waals surface area (Å²) in [5, 5.41) is 15.9. The van der Waals surface area contributed by atoms with E-state index >= 15 is 0 Å². The molecule has 0 aliphatic heterocycles. The van der Waals surface area contributed by atoms with E-state index < -0.39 is 5.97 Å². The van der Waals surface area contributed by atoms with Crippen LogP contribution in [0.25, 0.3) is 0 Å². The fraction of sp³-hybridized carbons (Fsp3) is 0.429. The Hall–Kier alpha value is -2.44. The molecule has 112 valence electrons. The lowest BCUT2D eigenvalue weighted by Gasteiger charge is -2.08. The molecule has 0 spiro atoms. The molecule has 0 aliphatic carbocycles. The highest BCUT2D eigenvalue weighted by Gasteiger charge is 2.09. The molecule has 0 amide bonds. The Bertz CT molecular complexity index is 624. The van der Waals surface area contributed by atoms with Crippen molar-refractivity contribution in [3.05, 3.63) is 35.1 Å². The molecular formula is C14H18N4O3. The van der Waals surface area contributed by atoms with Crippen molar-refractivity contribution in [1.82, 2.24) is 15.1 Å². The van der Waals surface area contributed by atoms with Gasteiger partial charge in [0.15, 0.2) is 5.82 Å². The van der Waals surface area contributed by atoms with Crippen molar-refractivity contribution in [2.45, 2.75) is 33.1 Å². The highest BCUT2D eigenvalue weighted by Crippen LogP contribution is 2.12. The third-order valence-electron chi connectivity index (χ3n) is 2.85. The first-order chi connectivity index (χ1) is 10.1. The maximum absolute atomic E-state index is 11.1. The second-order valence-corrected chi connectivity index (χ2v) is 4.70. The van der Waals surface area contributed by atoms with Crippen LogP contribution in [0, 0.1) is 6.92 Å². The number of hydrogen-bond donors (Lipinski definition) is 2. The molecule has 0 aliphatic rings. The molecule has 0 fully saturated rings. The summed E-state index contributed by atoms with van der Waals surface area (Å²) in [6.45, 7) is 4.33. The number of aromatic nitrogens is 3. The number of anilines is 1. The summed E-state index contributed by atoms with van der Waals surface area (Å²) in [5.41, 5.74) is 1.01. The third kappa shape index (κ3) is 4.27. The Morgan fingerprint density at radius 3 is 2.76 bits per heavy atom. The molecular weight excluding hydrogens is 272 g/mol. The normalized spacial score (nSPS) is 10.6. The van der Waals surface area contributed by atoms with Gasteiger partial charge in [-0.25, -0.2) is 9.78 Å². The van der Waals surface area contributed by atoms with Crippen molar-refractivity contribution in [3.8, 4) is 0 Å². The first kappa shape index (κ1) is 15.0. The lowest BCUT2D eigenvalue weighted by atomic mass is 10.1. The number of aryl methyl sites for hydroxylation is 2. The number of rotatable bonds is 7. The van der Waals surface area contributed by atoms with Gasteiger partial charge in [0.05, 0.1) is 5.56 Å². The highest BCUT2D eigenvalue weighted by molar-refractivity contribution is 5.88. The van der Waals surface area contributed by atoms with Crippen LogP contribution in [0.15, 0.2) is 16.7 Å². The number of nitrogens with zero attached hydrogens (tertiary/aromatic N) is 3. The van der Waals surface area contributed by atoms with Crippen LogP contribution in [0.3, 0.4) is 0 Å². The number of aromatic carboxylic acids is 1. The number of carboxylic acids is 1. The Labute approximate surface area is 122 Å². The van der Waals surface area contributed by atoms with Crippen LogP contribution in [0.5, 0.6) is 0 Å². The van der Waals surface area contributed by atoms with E-state index in [9.17, 15) is 4.79 Å². The second kappa shape index (κ2) is 6.83. The van der Waals surface area contributed by atoms with Gasteiger partial charge in [-0.05, 0) is 25.5 Å². The minimum Gasteiger partial charge on any atom is -0.478 e. The van der Waals surface area contributed by atoms with Crippen LogP contribution < -0.4 is 5.32 Å². The topological polar surface area (TPSA) is 101 Å². The number of carbonyl (C=O) groups is 1. The standard InChI is InChI=1S/C14H18N4O3/c1-3-4-11-7-10(14(19)20)8-12(17-11)15-6-5-13-16-9(2)18-21-13/h7-8H,3-6H2,1-2H3,(H,15,17)(H,19,20). The van der Waals surface area contributed by atoms with Crippen LogP contribution in [0.4, 0.5) is 5.82 Å². The Morgan fingerprint density at radius 2 is 2.14 bits per heavy atom. The fourth-order valence-corrected chi connectivity index (χ4v) is 1.93. The maximum Gasteiger partial charge on any atom is 0.335 e. The first-order valence-electron chi connectivity index (χ1n) is 6.85. The monoisotopic (exact) mass is 290 g/mol. The van der Waals surface area contributed by atoms with Crippen molar-refractivity contribution in [1.29, 1.82) is 0 Å². The number of carboxylic acid groups (broad SMARTS) is 1. The molecule has 21 heavy (non-hydrogen) atoms. The quantitative estimate of drug-likeness (QED) is 0.804. The average Bonchev–Trinajstić information content (AvgIpc) is 2.84. The molecule has 2 aromatic heterocycles. The van der Waals surface area contributed by atoms with Gasteiger partial charge in [-0.2, -0.15) is 4.98 Å². The van der Waals surface area contributed by atoms with Crippen LogP contribution in [-0.4, -0.2) is 32.7 Å². The summed E-state index contributed by atoms with van der Waals surface area (Å²) in [4.78, 5) is 19.6. The first-order valence-corrected chi connectivity index (χ1v) is 6.85. The molecule has 7 heteroatoms. The lowest BCUT2D eigenvalue weighted by molar-refractivity contribution is 0.0696. The predicted octanol–water partition coefficient (Wildman–Crippen LogP) is 2.08. The number of nitrogens with one attached hydrogen (secondary N) is 1. The molecule has 0 saturated carbocycles. The minimum absolute atomic E-state index is 0.240. The molecule has 0 bridgehead atoms. The van der Waals surface area contributed by atoms with E-state index in [0.29, 0.717) is 30.5 Å². The molecule has 0 radical (unpaired) electrons. The van der Waals surface area contributed by atoms with E-state index in [0.717, 1.165) is 18.5 Å². The van der Waals surface area contributed by atoms with Crippen LogP contribution in [0.1, 0.15) is 41.1 Å². The minimum atomic E-state index is -0.953. The summed E-state index contributed by atoms with van der Waals surface area (Å²) >= 11 is 0. The van der Waals surface area contributed by atoms with Crippen molar-refractivity contribution in [2.24, 2.45) is 0 Å². The van der Waals surface area contributed by atoms with Crippen molar-refractivity contribution < 1.29 is 14.4 Å². The van der Waals surface area contributed by atoms with Gasteiger partial charge in [0.2, 0.25) is 5.89 Å². The predicted molar refractivity (Wildman–Crippen MR) is 76.4 cm³/mol. The Balaban J connectivity index is 2.02. The third-order valence-corrected chi connectivity index (χ3v) is 2.85. The molecule has 2 rings (SSSR count). The second-order valence-electron chi connectivity index (χ2n) is 4.70. The molecule has 0 unspecified atom stereocenters. The van der Waals surface area contributed by atoms with Crippen LogP contribution in [0.2, 0.25) is 0 Å². The van der Waals surface area contributed by atoms with Crippen molar-refractivity contribution in [2.75, 3.05) is 11.9 Å². The summed E-state index contributed by atoms with van der Waals surface area (Å²) in [5.74, 6) is 0.740. The van der Waals surface area contributed by atoms with Gasteiger partial charge in [-0.1, -0.05) is 18.5 Å². The summed E-state index contributed by atoms with van der Waals surface area (Å²) in [7, 11) is 0. The van der Waals surface area contributed by atoms with Gasteiger partial charge >= 0.3 is 5.97 Å². The zero-order chi connectivity index (χ0) is 15.2. The summed E-state index contributed by atoms with van der Waals surface area (Å²) in [6, 6.07) is 3.14. The highest BCUT2D eigenvalue weighted by atomic mass is 16.5. The van der Waals surface area contributed by atoms with E-state index in [2.05, 4.69) is 20.4 Å². The van der Waals surface area contributed by atoms with Crippen LogP contribution in [-0.2, 0) is 12.8 Å².